The summed E-state index contributed by atoms with van der Waals surface area (Å²) in [7, 11) is 1.63. The molecule has 0 atom stereocenters. The Balaban J connectivity index is 2.23. The molecule has 0 aliphatic carbocycles. The summed E-state index contributed by atoms with van der Waals surface area (Å²) in [5.74, 6) is 1.39. The Hall–Kier alpha value is -0.690. The van der Waals surface area contributed by atoms with Gasteiger partial charge in [-0.25, -0.2) is 9.97 Å². The Bertz CT molecular complexity index is 806. The van der Waals surface area contributed by atoms with Crippen molar-refractivity contribution in [1.29, 1.82) is 0 Å². The molecule has 0 aliphatic heterocycles. The van der Waals surface area contributed by atoms with E-state index in [9.17, 15) is 0 Å². The van der Waals surface area contributed by atoms with E-state index in [-0.39, 0.29) is 0 Å². The van der Waals surface area contributed by atoms with Gasteiger partial charge in [-0.2, -0.15) is 0 Å². The molecule has 20 heavy (non-hydrogen) atoms. The maximum absolute atomic E-state index is 6.28. The van der Waals surface area contributed by atoms with Gasteiger partial charge in [-0.15, -0.1) is 11.3 Å². The predicted octanol–water partition coefficient (Wildman–Crippen LogP) is 5.55. The van der Waals surface area contributed by atoms with Gasteiger partial charge in [0.1, 0.15) is 10.9 Å². The number of ether oxygens (including phenoxy) is 1. The van der Waals surface area contributed by atoms with Crippen LogP contribution in [0.25, 0.3) is 21.6 Å². The molecule has 3 nitrogen and oxygen atoms in total. The number of thiophene rings is 1. The number of aromatic nitrogens is 2. The Labute approximate surface area is 141 Å². The number of halogens is 3. The van der Waals surface area contributed by atoms with Gasteiger partial charge in [0, 0.05) is 25.8 Å². The molecular formula is C13H7Br2ClN2OS. The van der Waals surface area contributed by atoms with Crippen molar-refractivity contribution in [3.63, 3.8) is 0 Å². The van der Waals surface area contributed by atoms with E-state index in [1.54, 1.807) is 7.11 Å². The molecule has 0 N–H and O–H groups in total. The summed E-state index contributed by atoms with van der Waals surface area (Å²) < 4.78 is 6.98. The van der Waals surface area contributed by atoms with Crippen LogP contribution in [-0.4, -0.2) is 17.1 Å². The van der Waals surface area contributed by atoms with Crippen LogP contribution < -0.4 is 4.74 Å². The zero-order valence-corrected chi connectivity index (χ0v) is 14.9. The fourth-order valence-corrected chi connectivity index (χ4v) is 4.10. The number of nitrogens with zero attached hydrogens (tertiary/aromatic N) is 2. The predicted molar refractivity (Wildman–Crippen MR) is 89.8 cm³/mol. The first kappa shape index (κ1) is 14.3. The standard InChI is InChI=1S/C13H7Br2ClN2OS/c1-19-7-4-10(20-5-7)13-17-11-8(12(16)18-13)2-6(14)3-9(11)15/h2-5H,1H3. The molecule has 0 saturated carbocycles. The van der Waals surface area contributed by atoms with Crippen molar-refractivity contribution in [1.82, 2.24) is 9.97 Å². The van der Waals surface area contributed by atoms with Crippen molar-refractivity contribution in [3.8, 4) is 16.5 Å². The highest BCUT2D eigenvalue weighted by Crippen LogP contribution is 2.35. The molecule has 0 fully saturated rings. The number of hydrogen-bond acceptors (Lipinski definition) is 4. The molecule has 3 aromatic rings. The molecule has 0 amide bonds. The van der Waals surface area contributed by atoms with Crippen molar-refractivity contribution in [2.45, 2.75) is 0 Å². The summed E-state index contributed by atoms with van der Waals surface area (Å²) in [6.07, 6.45) is 0. The molecule has 1 aromatic carbocycles. The first-order valence-electron chi connectivity index (χ1n) is 5.53. The molecule has 7 heteroatoms. The summed E-state index contributed by atoms with van der Waals surface area (Å²) in [6.45, 7) is 0. The van der Waals surface area contributed by atoms with Crippen LogP contribution in [-0.2, 0) is 0 Å². The summed E-state index contributed by atoms with van der Waals surface area (Å²) >= 11 is 14.7. The van der Waals surface area contributed by atoms with Gasteiger partial charge in [0.05, 0.1) is 17.5 Å². The van der Waals surface area contributed by atoms with E-state index in [1.165, 1.54) is 11.3 Å². The largest absolute Gasteiger partial charge is 0.496 e. The second-order valence-electron chi connectivity index (χ2n) is 3.97. The highest BCUT2D eigenvalue weighted by atomic mass is 79.9. The van der Waals surface area contributed by atoms with Crippen molar-refractivity contribution in [3.05, 3.63) is 37.7 Å². The highest BCUT2D eigenvalue weighted by Gasteiger charge is 2.13. The van der Waals surface area contributed by atoms with Crippen LogP contribution in [0.2, 0.25) is 5.15 Å². The summed E-state index contributed by atoms with van der Waals surface area (Å²) in [6, 6.07) is 5.74. The van der Waals surface area contributed by atoms with Gasteiger partial charge in [0.2, 0.25) is 0 Å². The summed E-state index contributed by atoms with van der Waals surface area (Å²) in [5, 5.41) is 3.15. The number of hydrogen-bond donors (Lipinski definition) is 0. The minimum atomic E-state index is 0.430. The van der Waals surface area contributed by atoms with E-state index in [1.807, 2.05) is 23.6 Å². The zero-order chi connectivity index (χ0) is 14.3. The monoisotopic (exact) mass is 432 g/mol. The molecule has 0 aliphatic rings. The Morgan fingerprint density at radius 3 is 2.70 bits per heavy atom. The molecule has 2 aromatic heterocycles. The van der Waals surface area contributed by atoms with E-state index in [0.717, 1.165) is 30.5 Å². The lowest BCUT2D eigenvalue weighted by atomic mass is 10.2. The molecule has 0 radical (unpaired) electrons. The zero-order valence-electron chi connectivity index (χ0n) is 10.2. The van der Waals surface area contributed by atoms with E-state index in [0.29, 0.717) is 11.0 Å². The first-order chi connectivity index (χ1) is 9.58. The number of methoxy groups -OCH3 is 1. The second kappa shape index (κ2) is 5.60. The summed E-state index contributed by atoms with van der Waals surface area (Å²) in [4.78, 5) is 9.87. The summed E-state index contributed by atoms with van der Waals surface area (Å²) in [5.41, 5.74) is 0.788. The van der Waals surface area contributed by atoms with Crippen molar-refractivity contribution in [2.24, 2.45) is 0 Å². The minimum absolute atomic E-state index is 0.430. The Kier molecular flexibility index (Phi) is 3.99. The van der Waals surface area contributed by atoms with Gasteiger partial charge in [-0.3, -0.25) is 0 Å². The van der Waals surface area contributed by atoms with Gasteiger partial charge >= 0.3 is 0 Å². The maximum atomic E-state index is 6.28. The maximum Gasteiger partial charge on any atom is 0.171 e. The molecule has 3 rings (SSSR count). The van der Waals surface area contributed by atoms with E-state index in [4.69, 9.17) is 16.3 Å². The normalized spacial score (nSPS) is 11.0. The third kappa shape index (κ3) is 2.57. The molecular weight excluding hydrogens is 427 g/mol. The van der Waals surface area contributed by atoms with Crippen molar-refractivity contribution >= 4 is 65.7 Å². The SMILES string of the molecule is COc1csc(-c2nc(Cl)c3cc(Br)cc(Br)c3n2)c1. The molecule has 2 heterocycles. The lowest BCUT2D eigenvalue weighted by Crippen LogP contribution is -1.91. The van der Waals surface area contributed by atoms with E-state index < -0.39 is 0 Å². The molecule has 102 valence electrons. The lowest BCUT2D eigenvalue weighted by Gasteiger charge is -2.05. The van der Waals surface area contributed by atoms with Crippen molar-refractivity contribution < 1.29 is 4.74 Å². The fourth-order valence-electron chi connectivity index (χ4n) is 1.77. The Morgan fingerprint density at radius 1 is 1.20 bits per heavy atom. The third-order valence-corrected chi connectivity index (χ3v) is 4.96. The van der Waals surface area contributed by atoms with Crippen LogP contribution in [0, 0.1) is 0 Å². The average Bonchev–Trinajstić information content (AvgIpc) is 2.88. The Morgan fingerprint density at radius 2 is 2.00 bits per heavy atom. The van der Waals surface area contributed by atoms with E-state index >= 15 is 0 Å². The van der Waals surface area contributed by atoms with Crippen LogP contribution in [0.1, 0.15) is 0 Å². The molecule has 0 unspecified atom stereocenters. The van der Waals surface area contributed by atoms with Crippen molar-refractivity contribution in [2.75, 3.05) is 7.11 Å². The molecule has 0 saturated heterocycles. The third-order valence-electron chi connectivity index (χ3n) is 2.70. The smallest absolute Gasteiger partial charge is 0.171 e. The number of fused-ring (bicyclic) bond motifs is 1. The topological polar surface area (TPSA) is 35.0 Å². The second-order valence-corrected chi connectivity index (χ2v) is 7.01. The van der Waals surface area contributed by atoms with Gasteiger partial charge < -0.3 is 4.74 Å². The fraction of sp³-hybridized carbons (Fsp3) is 0.0769. The van der Waals surface area contributed by atoms with Crippen LogP contribution in [0.5, 0.6) is 5.75 Å². The van der Waals surface area contributed by atoms with Crippen LogP contribution in [0.15, 0.2) is 32.5 Å². The number of benzene rings is 1. The van der Waals surface area contributed by atoms with Crippen LogP contribution >= 0.6 is 54.8 Å². The number of rotatable bonds is 2. The molecule has 0 spiro atoms. The first-order valence-corrected chi connectivity index (χ1v) is 8.38. The van der Waals surface area contributed by atoms with Gasteiger partial charge in [-0.05, 0) is 28.1 Å². The van der Waals surface area contributed by atoms with Crippen LogP contribution in [0.4, 0.5) is 0 Å². The van der Waals surface area contributed by atoms with Gasteiger partial charge in [0.15, 0.2) is 5.82 Å². The highest BCUT2D eigenvalue weighted by molar-refractivity contribution is 9.11. The lowest BCUT2D eigenvalue weighted by molar-refractivity contribution is 0.417. The average molecular weight is 435 g/mol. The van der Waals surface area contributed by atoms with Gasteiger partial charge in [0.25, 0.3) is 0 Å². The minimum Gasteiger partial charge on any atom is -0.496 e. The molecule has 0 bridgehead atoms. The quantitative estimate of drug-likeness (QED) is 0.497. The van der Waals surface area contributed by atoms with Gasteiger partial charge in [-0.1, -0.05) is 27.5 Å². The van der Waals surface area contributed by atoms with Crippen LogP contribution in [0.3, 0.4) is 0 Å². The van der Waals surface area contributed by atoms with E-state index in [2.05, 4.69) is 41.8 Å².